The molecule has 0 radical (unpaired) electrons. The molecule has 166 valence electrons. The van der Waals surface area contributed by atoms with Crippen molar-refractivity contribution in [3.05, 3.63) is 84.4 Å². The summed E-state index contributed by atoms with van der Waals surface area (Å²) in [7, 11) is 0. The fourth-order valence-corrected chi connectivity index (χ4v) is 4.17. The zero-order chi connectivity index (χ0) is 22.6. The van der Waals surface area contributed by atoms with Gasteiger partial charge in [-0.15, -0.1) is 10.2 Å². The van der Waals surface area contributed by atoms with Crippen molar-refractivity contribution in [2.24, 2.45) is 0 Å². The number of aromatic nitrogens is 2. The normalized spacial score (nSPS) is 13.9. The number of amides is 1. The monoisotopic (exact) mass is 439 g/mol. The molecule has 0 spiro atoms. The minimum Gasteiger partial charge on any atom is -0.480 e. The van der Waals surface area contributed by atoms with Gasteiger partial charge in [0.15, 0.2) is 6.10 Å². The summed E-state index contributed by atoms with van der Waals surface area (Å²) >= 11 is 0. The van der Waals surface area contributed by atoms with E-state index in [9.17, 15) is 4.79 Å². The molecule has 0 saturated heterocycles. The lowest BCUT2D eigenvalue weighted by atomic mass is 10.0. The number of nitrogens with zero attached hydrogens (tertiary/aromatic N) is 3. The summed E-state index contributed by atoms with van der Waals surface area (Å²) < 4.78 is 12.2. The van der Waals surface area contributed by atoms with Gasteiger partial charge >= 0.3 is 0 Å². The SMILES string of the molecule is CC[C@H](Oc1ccccc1-c1nnc(-c2ccccc2)o1)C(=O)N1CCCc2ccccc21. The van der Waals surface area contributed by atoms with Crippen LogP contribution in [0.1, 0.15) is 25.3 Å². The molecule has 0 N–H and O–H groups in total. The molecule has 2 heterocycles. The molecule has 0 saturated carbocycles. The fraction of sp³-hybridized carbons (Fsp3) is 0.222. The molecule has 4 aromatic rings. The summed E-state index contributed by atoms with van der Waals surface area (Å²) in [5, 5.41) is 8.42. The van der Waals surface area contributed by atoms with Crippen LogP contribution >= 0.6 is 0 Å². The maximum atomic E-state index is 13.5. The Labute approximate surface area is 192 Å². The van der Waals surface area contributed by atoms with Crippen molar-refractivity contribution in [1.29, 1.82) is 0 Å². The molecule has 1 amide bonds. The van der Waals surface area contributed by atoms with Crippen LogP contribution in [-0.2, 0) is 11.2 Å². The number of para-hydroxylation sites is 2. The van der Waals surface area contributed by atoms with Gasteiger partial charge in [0, 0.05) is 17.8 Å². The van der Waals surface area contributed by atoms with Gasteiger partial charge in [-0.05, 0) is 55.2 Å². The second-order valence-electron chi connectivity index (χ2n) is 8.01. The second-order valence-corrected chi connectivity index (χ2v) is 8.01. The van der Waals surface area contributed by atoms with Gasteiger partial charge in [-0.3, -0.25) is 4.79 Å². The Morgan fingerprint density at radius 2 is 1.70 bits per heavy atom. The zero-order valence-corrected chi connectivity index (χ0v) is 18.5. The van der Waals surface area contributed by atoms with Gasteiger partial charge in [-0.1, -0.05) is 55.5 Å². The Morgan fingerprint density at radius 1 is 0.970 bits per heavy atom. The van der Waals surface area contributed by atoms with Crippen LogP contribution in [0, 0.1) is 0 Å². The molecule has 0 aliphatic carbocycles. The number of hydrogen-bond donors (Lipinski definition) is 0. The lowest BCUT2D eigenvalue weighted by Gasteiger charge is -2.32. The van der Waals surface area contributed by atoms with Crippen LogP contribution in [0.15, 0.2) is 83.3 Å². The Morgan fingerprint density at radius 3 is 2.55 bits per heavy atom. The number of anilines is 1. The molecule has 6 heteroatoms. The number of hydrogen-bond acceptors (Lipinski definition) is 5. The van der Waals surface area contributed by atoms with Gasteiger partial charge in [0.25, 0.3) is 11.8 Å². The van der Waals surface area contributed by atoms with E-state index >= 15 is 0 Å². The third-order valence-electron chi connectivity index (χ3n) is 5.85. The highest BCUT2D eigenvalue weighted by molar-refractivity contribution is 5.97. The summed E-state index contributed by atoms with van der Waals surface area (Å²) in [5.41, 5.74) is 3.69. The van der Waals surface area contributed by atoms with Crippen LogP contribution in [0.2, 0.25) is 0 Å². The van der Waals surface area contributed by atoms with E-state index in [1.807, 2.05) is 84.6 Å². The summed E-state index contributed by atoms with van der Waals surface area (Å²) in [6, 6.07) is 25.2. The Bertz CT molecular complexity index is 1250. The largest absolute Gasteiger partial charge is 0.480 e. The second kappa shape index (κ2) is 9.28. The number of fused-ring (bicyclic) bond motifs is 1. The van der Waals surface area contributed by atoms with Crippen LogP contribution in [-0.4, -0.2) is 28.8 Å². The highest BCUT2D eigenvalue weighted by Gasteiger charge is 2.30. The smallest absolute Gasteiger partial charge is 0.268 e. The molecule has 6 nitrogen and oxygen atoms in total. The number of carbonyl (C=O) groups excluding carboxylic acids is 1. The van der Waals surface area contributed by atoms with E-state index in [2.05, 4.69) is 16.3 Å². The zero-order valence-electron chi connectivity index (χ0n) is 18.5. The molecule has 1 aromatic heterocycles. The van der Waals surface area contributed by atoms with Crippen molar-refractivity contribution in [2.45, 2.75) is 32.3 Å². The van der Waals surface area contributed by atoms with E-state index in [1.165, 1.54) is 5.56 Å². The fourth-order valence-electron chi connectivity index (χ4n) is 4.17. The first-order valence-corrected chi connectivity index (χ1v) is 11.3. The molecule has 0 fully saturated rings. The Balaban J connectivity index is 1.41. The predicted molar refractivity (Wildman–Crippen MR) is 127 cm³/mol. The Kier molecular flexibility index (Phi) is 5.89. The number of ether oxygens (including phenoxy) is 1. The molecule has 5 rings (SSSR count). The average molecular weight is 440 g/mol. The van der Waals surface area contributed by atoms with Gasteiger partial charge in [-0.25, -0.2) is 0 Å². The first kappa shape index (κ1) is 20.9. The van der Waals surface area contributed by atoms with Crippen molar-refractivity contribution in [2.75, 3.05) is 11.4 Å². The summed E-state index contributed by atoms with van der Waals surface area (Å²) in [6.45, 7) is 2.66. The molecule has 1 aliphatic rings. The molecule has 0 unspecified atom stereocenters. The number of carbonyl (C=O) groups is 1. The predicted octanol–water partition coefficient (Wildman–Crippen LogP) is 5.54. The van der Waals surface area contributed by atoms with Crippen LogP contribution in [0.5, 0.6) is 5.75 Å². The molecule has 33 heavy (non-hydrogen) atoms. The van der Waals surface area contributed by atoms with Gasteiger partial charge in [0.1, 0.15) is 5.75 Å². The number of benzene rings is 3. The third-order valence-corrected chi connectivity index (χ3v) is 5.85. The van der Waals surface area contributed by atoms with Gasteiger partial charge < -0.3 is 14.1 Å². The topological polar surface area (TPSA) is 68.5 Å². The van der Waals surface area contributed by atoms with Crippen LogP contribution in [0.4, 0.5) is 5.69 Å². The number of aryl methyl sites for hydroxylation is 1. The van der Waals surface area contributed by atoms with Gasteiger partial charge in [-0.2, -0.15) is 0 Å². The first-order chi connectivity index (χ1) is 16.2. The van der Waals surface area contributed by atoms with E-state index in [4.69, 9.17) is 9.15 Å². The summed E-state index contributed by atoms with van der Waals surface area (Å²) in [6.07, 6.45) is 1.86. The standard InChI is InChI=1S/C27H25N3O3/c1-2-23(27(31)30-18-10-14-19-11-6-8-16-22(19)30)32-24-17-9-7-15-21(24)26-29-28-25(33-26)20-12-4-3-5-13-20/h3-9,11-13,15-17,23H,2,10,14,18H2,1H3/t23-/m0/s1. The van der Waals surface area contributed by atoms with E-state index in [1.54, 1.807) is 0 Å². The van der Waals surface area contributed by atoms with E-state index in [0.29, 0.717) is 36.1 Å². The lowest BCUT2D eigenvalue weighted by Crippen LogP contribution is -2.44. The van der Waals surface area contributed by atoms with E-state index in [-0.39, 0.29) is 5.91 Å². The maximum Gasteiger partial charge on any atom is 0.268 e. The van der Waals surface area contributed by atoms with Gasteiger partial charge in [0.2, 0.25) is 5.89 Å². The summed E-state index contributed by atoms with van der Waals surface area (Å²) in [5.74, 6) is 1.31. The van der Waals surface area contributed by atoms with Crippen molar-refractivity contribution in [3.8, 4) is 28.7 Å². The third kappa shape index (κ3) is 4.24. The lowest BCUT2D eigenvalue weighted by molar-refractivity contribution is -0.125. The highest BCUT2D eigenvalue weighted by atomic mass is 16.5. The van der Waals surface area contributed by atoms with Crippen molar-refractivity contribution >= 4 is 11.6 Å². The first-order valence-electron chi connectivity index (χ1n) is 11.3. The molecular formula is C27H25N3O3. The van der Waals surface area contributed by atoms with Crippen molar-refractivity contribution in [1.82, 2.24) is 10.2 Å². The van der Waals surface area contributed by atoms with E-state index in [0.717, 1.165) is 24.1 Å². The van der Waals surface area contributed by atoms with Crippen LogP contribution < -0.4 is 9.64 Å². The molecule has 0 bridgehead atoms. The minimum atomic E-state index is -0.617. The molecular weight excluding hydrogens is 414 g/mol. The highest BCUT2D eigenvalue weighted by Crippen LogP contribution is 2.33. The van der Waals surface area contributed by atoms with Crippen molar-refractivity contribution < 1.29 is 13.9 Å². The Hall–Kier alpha value is -3.93. The van der Waals surface area contributed by atoms with Crippen LogP contribution in [0.3, 0.4) is 0 Å². The average Bonchev–Trinajstić information content (AvgIpc) is 3.37. The molecule has 3 aromatic carbocycles. The summed E-state index contributed by atoms with van der Waals surface area (Å²) in [4.78, 5) is 15.3. The quantitative estimate of drug-likeness (QED) is 0.395. The van der Waals surface area contributed by atoms with Crippen molar-refractivity contribution in [3.63, 3.8) is 0 Å². The minimum absolute atomic E-state index is 0.0324. The van der Waals surface area contributed by atoms with Crippen LogP contribution in [0.25, 0.3) is 22.9 Å². The molecule has 1 aliphatic heterocycles. The van der Waals surface area contributed by atoms with E-state index < -0.39 is 6.10 Å². The molecule has 1 atom stereocenters. The maximum absolute atomic E-state index is 13.5. The van der Waals surface area contributed by atoms with Gasteiger partial charge in [0.05, 0.1) is 5.56 Å². The number of rotatable bonds is 6.